The van der Waals surface area contributed by atoms with Crippen LogP contribution < -0.4 is 9.47 Å². The molecular formula is C25H21NO5. The first-order valence-electron chi connectivity index (χ1n) is 9.75. The van der Waals surface area contributed by atoms with Crippen molar-refractivity contribution in [2.24, 2.45) is 0 Å². The summed E-state index contributed by atoms with van der Waals surface area (Å²) in [6.45, 7) is 0.416. The van der Waals surface area contributed by atoms with Crippen LogP contribution in [0.1, 0.15) is 23.4 Å². The van der Waals surface area contributed by atoms with Gasteiger partial charge in [-0.25, -0.2) is 4.98 Å². The second-order valence-corrected chi connectivity index (χ2v) is 6.91. The molecule has 0 amide bonds. The first kappa shape index (κ1) is 20.2. The fourth-order valence-electron chi connectivity index (χ4n) is 3.19. The number of nitrogens with zero attached hydrogens (tertiary/aromatic N) is 1. The van der Waals surface area contributed by atoms with Crippen LogP contribution in [-0.2, 0) is 11.4 Å². The average Bonchev–Trinajstić information content (AvgIpc) is 3.22. The summed E-state index contributed by atoms with van der Waals surface area (Å²) in [6.07, 6.45) is 1.52. The van der Waals surface area contributed by atoms with E-state index in [0.29, 0.717) is 34.8 Å². The molecule has 156 valence electrons. The Morgan fingerprint density at radius 2 is 1.81 bits per heavy atom. The summed E-state index contributed by atoms with van der Waals surface area (Å²) >= 11 is 0. The largest absolute Gasteiger partial charge is 0.493 e. The van der Waals surface area contributed by atoms with Crippen molar-refractivity contribution in [3.63, 3.8) is 0 Å². The number of benzene rings is 3. The lowest BCUT2D eigenvalue weighted by Crippen LogP contribution is -1.99. The van der Waals surface area contributed by atoms with Gasteiger partial charge in [-0.15, -0.1) is 0 Å². The summed E-state index contributed by atoms with van der Waals surface area (Å²) in [5, 5.41) is 9.37. The minimum absolute atomic E-state index is 0.221. The van der Waals surface area contributed by atoms with Crippen LogP contribution in [0.25, 0.3) is 22.7 Å². The van der Waals surface area contributed by atoms with Gasteiger partial charge in [-0.05, 0) is 41.5 Å². The lowest BCUT2D eigenvalue weighted by molar-refractivity contribution is -0.135. The molecule has 0 saturated carbocycles. The van der Waals surface area contributed by atoms with Gasteiger partial charge in [0.15, 0.2) is 17.1 Å². The first-order valence-corrected chi connectivity index (χ1v) is 9.75. The zero-order valence-corrected chi connectivity index (χ0v) is 16.9. The van der Waals surface area contributed by atoms with Crippen LogP contribution in [0.5, 0.6) is 11.5 Å². The Kier molecular flexibility index (Phi) is 5.98. The van der Waals surface area contributed by atoms with Crippen LogP contribution in [0.2, 0.25) is 0 Å². The first-order chi connectivity index (χ1) is 15.1. The van der Waals surface area contributed by atoms with E-state index in [2.05, 4.69) is 4.98 Å². The Morgan fingerprint density at radius 3 is 2.55 bits per heavy atom. The van der Waals surface area contributed by atoms with E-state index in [0.717, 1.165) is 11.1 Å². The quantitative estimate of drug-likeness (QED) is 0.413. The number of fused-ring (bicyclic) bond motifs is 1. The van der Waals surface area contributed by atoms with Crippen molar-refractivity contribution in [1.82, 2.24) is 4.98 Å². The van der Waals surface area contributed by atoms with Gasteiger partial charge in [0.05, 0.1) is 13.5 Å². The molecule has 4 aromatic rings. The maximum Gasteiger partial charge on any atom is 0.308 e. The number of hydrogen-bond acceptors (Lipinski definition) is 5. The third-order valence-corrected chi connectivity index (χ3v) is 4.68. The zero-order chi connectivity index (χ0) is 21.6. The third kappa shape index (κ3) is 4.93. The molecule has 31 heavy (non-hydrogen) atoms. The van der Waals surface area contributed by atoms with Crippen molar-refractivity contribution >= 4 is 28.7 Å². The Hall–Kier alpha value is -4.06. The summed E-state index contributed by atoms with van der Waals surface area (Å²) in [5.41, 5.74) is 3.55. The number of methoxy groups -OCH3 is 1. The average molecular weight is 415 g/mol. The Labute approximate surface area is 179 Å². The van der Waals surface area contributed by atoms with Gasteiger partial charge in [-0.1, -0.05) is 48.5 Å². The number of para-hydroxylation sites is 2. The Balaban J connectivity index is 1.63. The number of oxazole rings is 1. The van der Waals surface area contributed by atoms with Crippen molar-refractivity contribution in [3.8, 4) is 11.5 Å². The van der Waals surface area contributed by atoms with Crippen LogP contribution in [0.4, 0.5) is 0 Å². The van der Waals surface area contributed by atoms with E-state index in [1.165, 1.54) is 0 Å². The van der Waals surface area contributed by atoms with E-state index in [1.807, 2.05) is 54.6 Å². The third-order valence-electron chi connectivity index (χ3n) is 4.68. The highest BCUT2D eigenvalue weighted by atomic mass is 16.5. The zero-order valence-electron chi connectivity index (χ0n) is 16.9. The van der Waals surface area contributed by atoms with E-state index in [9.17, 15) is 9.90 Å². The molecule has 0 unspecified atom stereocenters. The maximum absolute atomic E-state index is 11.4. The molecular weight excluding hydrogens is 394 g/mol. The molecule has 0 atom stereocenters. The van der Waals surface area contributed by atoms with Crippen LogP contribution in [0.3, 0.4) is 0 Å². The smallest absolute Gasteiger partial charge is 0.308 e. The topological polar surface area (TPSA) is 81.8 Å². The molecule has 6 heteroatoms. The van der Waals surface area contributed by atoms with Gasteiger partial charge in [0.1, 0.15) is 12.1 Å². The van der Waals surface area contributed by atoms with Gasteiger partial charge in [-0.2, -0.15) is 0 Å². The highest BCUT2D eigenvalue weighted by molar-refractivity contribution is 5.91. The molecule has 4 rings (SSSR count). The van der Waals surface area contributed by atoms with Crippen molar-refractivity contribution in [1.29, 1.82) is 0 Å². The minimum atomic E-state index is -0.969. The number of aliphatic carboxylic acids is 1. The van der Waals surface area contributed by atoms with Gasteiger partial charge in [0.2, 0.25) is 5.89 Å². The lowest BCUT2D eigenvalue weighted by atomic mass is 10.1. The van der Waals surface area contributed by atoms with Crippen LogP contribution in [-0.4, -0.2) is 23.2 Å². The highest BCUT2D eigenvalue weighted by Gasteiger charge is 2.15. The summed E-state index contributed by atoms with van der Waals surface area (Å²) in [7, 11) is 1.57. The van der Waals surface area contributed by atoms with E-state index in [-0.39, 0.29) is 12.3 Å². The molecule has 0 saturated heterocycles. The van der Waals surface area contributed by atoms with Gasteiger partial charge >= 0.3 is 5.97 Å². The van der Waals surface area contributed by atoms with Gasteiger partial charge in [-0.3, -0.25) is 4.79 Å². The predicted octanol–water partition coefficient (Wildman–Crippen LogP) is 5.43. The summed E-state index contributed by atoms with van der Waals surface area (Å²) in [6, 6.07) is 22.6. The molecule has 3 aromatic carbocycles. The molecule has 1 heterocycles. The van der Waals surface area contributed by atoms with Crippen molar-refractivity contribution in [2.45, 2.75) is 13.0 Å². The molecule has 6 nitrogen and oxygen atoms in total. The van der Waals surface area contributed by atoms with Gasteiger partial charge in [0.25, 0.3) is 0 Å². The number of carboxylic acids is 1. The second kappa shape index (κ2) is 9.17. The number of carboxylic acid groups (broad SMARTS) is 1. The van der Waals surface area contributed by atoms with Crippen LogP contribution in [0, 0.1) is 0 Å². The summed E-state index contributed by atoms with van der Waals surface area (Å²) < 4.78 is 17.1. The van der Waals surface area contributed by atoms with E-state index >= 15 is 0 Å². The molecule has 0 spiro atoms. The van der Waals surface area contributed by atoms with E-state index in [4.69, 9.17) is 13.9 Å². The predicted molar refractivity (Wildman–Crippen MR) is 118 cm³/mol. The van der Waals surface area contributed by atoms with Crippen LogP contribution >= 0.6 is 0 Å². The minimum Gasteiger partial charge on any atom is -0.493 e. The molecule has 0 radical (unpaired) electrons. The van der Waals surface area contributed by atoms with Crippen molar-refractivity contribution in [2.75, 3.05) is 7.11 Å². The van der Waals surface area contributed by atoms with Gasteiger partial charge < -0.3 is 19.0 Å². The van der Waals surface area contributed by atoms with Gasteiger partial charge in [0, 0.05) is 5.57 Å². The molecule has 0 aliphatic rings. The fourth-order valence-corrected chi connectivity index (χ4v) is 3.19. The van der Waals surface area contributed by atoms with Crippen molar-refractivity contribution in [3.05, 3.63) is 89.8 Å². The SMILES string of the molecule is COc1cc(/C=C(\CC(=O)O)c2nc3ccccc3o2)ccc1OCc1ccccc1. The number of carbonyl (C=O) groups is 1. The molecule has 1 aromatic heterocycles. The monoisotopic (exact) mass is 415 g/mol. The highest BCUT2D eigenvalue weighted by Crippen LogP contribution is 2.31. The standard InChI is InChI=1S/C25H21NO5/c1-29-23-14-18(11-12-22(23)30-16-17-7-3-2-4-8-17)13-19(15-24(27)28)25-26-20-9-5-6-10-21(20)31-25/h2-14H,15-16H2,1H3,(H,27,28)/b19-13+. The molecule has 0 aliphatic heterocycles. The second-order valence-electron chi connectivity index (χ2n) is 6.91. The normalized spacial score (nSPS) is 11.5. The lowest BCUT2D eigenvalue weighted by Gasteiger charge is -2.12. The number of hydrogen-bond donors (Lipinski definition) is 1. The molecule has 0 fully saturated rings. The molecule has 0 bridgehead atoms. The van der Waals surface area contributed by atoms with Crippen LogP contribution in [0.15, 0.2) is 77.2 Å². The number of ether oxygens (including phenoxy) is 2. The summed E-state index contributed by atoms with van der Waals surface area (Å²) in [5.74, 6) is 0.470. The van der Waals surface area contributed by atoms with E-state index < -0.39 is 5.97 Å². The number of rotatable bonds is 8. The number of aromatic nitrogens is 1. The van der Waals surface area contributed by atoms with E-state index in [1.54, 1.807) is 31.4 Å². The fraction of sp³-hybridized carbons (Fsp3) is 0.120. The molecule has 1 N–H and O–H groups in total. The molecule has 0 aliphatic carbocycles. The Bertz CT molecular complexity index is 1190. The van der Waals surface area contributed by atoms with Crippen molar-refractivity contribution < 1.29 is 23.8 Å². The Morgan fingerprint density at radius 1 is 1.03 bits per heavy atom. The maximum atomic E-state index is 11.4. The summed E-state index contributed by atoms with van der Waals surface area (Å²) in [4.78, 5) is 15.9.